The molecule has 1 aromatic rings. The van der Waals surface area contributed by atoms with Crippen LogP contribution in [-0.4, -0.2) is 41.4 Å². The number of benzene rings is 1. The minimum Gasteiger partial charge on any atom is -0.396 e. The van der Waals surface area contributed by atoms with Crippen LogP contribution in [0.4, 0.5) is 0 Å². The first-order valence-corrected chi connectivity index (χ1v) is 6.16. The highest BCUT2D eigenvalue weighted by molar-refractivity contribution is 5.15. The van der Waals surface area contributed by atoms with Gasteiger partial charge in [0.15, 0.2) is 0 Å². The van der Waals surface area contributed by atoms with E-state index in [1.807, 2.05) is 18.2 Å². The maximum Gasteiger partial charge on any atom is 0.0501 e. The Bertz CT molecular complexity index is 354. The summed E-state index contributed by atoms with van der Waals surface area (Å²) in [4.78, 5) is 2.31. The molecule has 2 rings (SSSR count). The molecule has 2 atom stereocenters. The van der Waals surface area contributed by atoms with Crippen molar-refractivity contribution in [2.75, 3.05) is 26.3 Å². The van der Waals surface area contributed by atoms with Crippen LogP contribution in [0, 0.1) is 11.3 Å². The number of hydrogen-bond donors (Lipinski definition) is 2. The van der Waals surface area contributed by atoms with Crippen LogP contribution in [0.3, 0.4) is 0 Å². The molecule has 0 saturated carbocycles. The van der Waals surface area contributed by atoms with E-state index in [1.54, 1.807) is 0 Å². The van der Waals surface area contributed by atoms with Gasteiger partial charge in [-0.3, -0.25) is 4.90 Å². The van der Waals surface area contributed by atoms with Crippen molar-refractivity contribution >= 4 is 0 Å². The molecule has 1 heterocycles. The van der Waals surface area contributed by atoms with Crippen molar-refractivity contribution in [1.82, 2.24) is 4.90 Å². The van der Waals surface area contributed by atoms with Crippen LogP contribution < -0.4 is 0 Å². The summed E-state index contributed by atoms with van der Waals surface area (Å²) in [5, 5.41) is 18.9. The zero-order chi connectivity index (χ0) is 12.3. The lowest BCUT2D eigenvalue weighted by molar-refractivity contribution is 0.0779. The standard InChI is InChI=1S/C14H21NO2/c1-14(11-17)10-15(8-13(14)9-16)7-12-5-3-2-4-6-12/h2-6,13,16-17H,7-11H2,1H3/t13-,14+/m1/s1. The summed E-state index contributed by atoms with van der Waals surface area (Å²) in [6.45, 7) is 4.96. The van der Waals surface area contributed by atoms with E-state index < -0.39 is 0 Å². The largest absolute Gasteiger partial charge is 0.396 e. The zero-order valence-electron chi connectivity index (χ0n) is 10.3. The van der Waals surface area contributed by atoms with E-state index in [1.165, 1.54) is 5.56 Å². The van der Waals surface area contributed by atoms with E-state index in [0.717, 1.165) is 19.6 Å². The summed E-state index contributed by atoms with van der Waals surface area (Å²) in [6, 6.07) is 10.3. The minimum absolute atomic E-state index is 0.142. The molecule has 0 radical (unpaired) electrons. The Labute approximate surface area is 103 Å². The van der Waals surface area contributed by atoms with Gasteiger partial charge in [0.25, 0.3) is 0 Å². The smallest absolute Gasteiger partial charge is 0.0501 e. The number of likely N-dealkylation sites (tertiary alicyclic amines) is 1. The Morgan fingerprint density at radius 3 is 2.53 bits per heavy atom. The maximum atomic E-state index is 9.47. The second-order valence-corrected chi connectivity index (χ2v) is 5.35. The Kier molecular flexibility index (Phi) is 3.82. The average molecular weight is 235 g/mol. The van der Waals surface area contributed by atoms with Gasteiger partial charge < -0.3 is 10.2 Å². The van der Waals surface area contributed by atoms with E-state index in [9.17, 15) is 10.2 Å². The third-order valence-electron chi connectivity index (χ3n) is 3.88. The molecular formula is C14H21NO2. The number of hydrogen-bond acceptors (Lipinski definition) is 3. The Morgan fingerprint density at radius 2 is 2.00 bits per heavy atom. The summed E-state index contributed by atoms with van der Waals surface area (Å²) in [6.07, 6.45) is 0. The summed E-state index contributed by atoms with van der Waals surface area (Å²) in [5.74, 6) is 0.177. The van der Waals surface area contributed by atoms with Crippen LogP contribution in [0.25, 0.3) is 0 Å². The number of aliphatic hydroxyl groups excluding tert-OH is 2. The Morgan fingerprint density at radius 1 is 1.29 bits per heavy atom. The summed E-state index contributed by atoms with van der Waals surface area (Å²) in [7, 11) is 0. The Hall–Kier alpha value is -0.900. The second-order valence-electron chi connectivity index (χ2n) is 5.35. The van der Waals surface area contributed by atoms with Crippen LogP contribution >= 0.6 is 0 Å². The van der Waals surface area contributed by atoms with E-state index in [2.05, 4.69) is 24.0 Å². The van der Waals surface area contributed by atoms with Crippen molar-refractivity contribution in [1.29, 1.82) is 0 Å². The van der Waals surface area contributed by atoms with Gasteiger partial charge in [0.1, 0.15) is 0 Å². The molecule has 3 heteroatoms. The van der Waals surface area contributed by atoms with Crippen molar-refractivity contribution in [2.45, 2.75) is 13.5 Å². The van der Waals surface area contributed by atoms with Crippen molar-refractivity contribution in [2.24, 2.45) is 11.3 Å². The molecular weight excluding hydrogens is 214 g/mol. The predicted octanol–water partition coefficient (Wildman–Crippen LogP) is 1.11. The first-order valence-electron chi connectivity index (χ1n) is 6.16. The molecule has 1 aromatic carbocycles. The van der Waals surface area contributed by atoms with Crippen LogP contribution in [-0.2, 0) is 6.54 Å². The quantitative estimate of drug-likeness (QED) is 0.821. The molecule has 1 fully saturated rings. The molecule has 1 aliphatic rings. The molecule has 0 bridgehead atoms. The molecule has 2 N–H and O–H groups in total. The lowest BCUT2D eigenvalue weighted by atomic mass is 9.81. The van der Waals surface area contributed by atoms with Crippen molar-refractivity contribution in [3.8, 4) is 0 Å². The molecule has 94 valence electrons. The molecule has 0 spiro atoms. The first kappa shape index (κ1) is 12.6. The van der Waals surface area contributed by atoms with Gasteiger partial charge in [0.2, 0.25) is 0 Å². The molecule has 0 unspecified atom stereocenters. The molecule has 3 nitrogen and oxygen atoms in total. The van der Waals surface area contributed by atoms with Gasteiger partial charge in [-0.05, 0) is 5.56 Å². The van der Waals surface area contributed by atoms with Crippen LogP contribution in [0.1, 0.15) is 12.5 Å². The molecule has 1 saturated heterocycles. The van der Waals surface area contributed by atoms with Crippen LogP contribution in [0.2, 0.25) is 0 Å². The van der Waals surface area contributed by atoms with Gasteiger partial charge in [-0.15, -0.1) is 0 Å². The fraction of sp³-hybridized carbons (Fsp3) is 0.571. The fourth-order valence-corrected chi connectivity index (χ4v) is 2.66. The SMILES string of the molecule is C[C@@]1(CO)CN(Cc2ccccc2)C[C@@H]1CO. The van der Waals surface area contributed by atoms with E-state index in [-0.39, 0.29) is 24.5 Å². The fourth-order valence-electron chi connectivity index (χ4n) is 2.66. The predicted molar refractivity (Wildman–Crippen MR) is 67.5 cm³/mol. The van der Waals surface area contributed by atoms with Gasteiger partial charge in [-0.25, -0.2) is 0 Å². The Balaban J connectivity index is 2.01. The number of aliphatic hydroxyl groups is 2. The van der Waals surface area contributed by atoms with Crippen molar-refractivity contribution in [3.63, 3.8) is 0 Å². The third-order valence-corrected chi connectivity index (χ3v) is 3.88. The highest BCUT2D eigenvalue weighted by atomic mass is 16.3. The molecule has 0 aromatic heterocycles. The van der Waals surface area contributed by atoms with Crippen LogP contribution in [0.15, 0.2) is 30.3 Å². The topological polar surface area (TPSA) is 43.7 Å². The van der Waals surface area contributed by atoms with Gasteiger partial charge in [-0.2, -0.15) is 0 Å². The second kappa shape index (κ2) is 5.17. The highest BCUT2D eigenvalue weighted by Gasteiger charge is 2.41. The first-order chi connectivity index (χ1) is 8.18. The third kappa shape index (κ3) is 2.68. The summed E-state index contributed by atoms with van der Waals surface area (Å²) >= 11 is 0. The molecule has 0 amide bonds. The maximum absolute atomic E-state index is 9.47. The highest BCUT2D eigenvalue weighted by Crippen LogP contribution is 2.35. The number of nitrogens with zero attached hydrogens (tertiary/aromatic N) is 1. The van der Waals surface area contributed by atoms with E-state index in [0.29, 0.717) is 0 Å². The minimum atomic E-state index is -0.163. The van der Waals surface area contributed by atoms with Gasteiger partial charge in [0, 0.05) is 37.6 Å². The normalized spacial score (nSPS) is 29.7. The zero-order valence-corrected chi connectivity index (χ0v) is 10.3. The van der Waals surface area contributed by atoms with Crippen molar-refractivity contribution in [3.05, 3.63) is 35.9 Å². The lowest BCUT2D eigenvalue weighted by Gasteiger charge is -2.26. The van der Waals surface area contributed by atoms with Crippen molar-refractivity contribution < 1.29 is 10.2 Å². The van der Waals surface area contributed by atoms with Gasteiger partial charge >= 0.3 is 0 Å². The van der Waals surface area contributed by atoms with E-state index in [4.69, 9.17) is 0 Å². The van der Waals surface area contributed by atoms with Gasteiger partial charge in [0.05, 0.1) is 6.61 Å². The lowest BCUT2D eigenvalue weighted by Crippen LogP contribution is -2.32. The molecule has 17 heavy (non-hydrogen) atoms. The number of rotatable bonds is 4. The molecule has 1 aliphatic heterocycles. The summed E-state index contributed by atoms with van der Waals surface area (Å²) < 4.78 is 0. The van der Waals surface area contributed by atoms with E-state index >= 15 is 0 Å². The average Bonchev–Trinajstić information content (AvgIpc) is 2.67. The van der Waals surface area contributed by atoms with Crippen LogP contribution in [0.5, 0.6) is 0 Å². The molecule has 0 aliphatic carbocycles. The van der Waals surface area contributed by atoms with Gasteiger partial charge in [-0.1, -0.05) is 37.3 Å². The summed E-state index contributed by atoms with van der Waals surface area (Å²) in [5.41, 5.74) is 1.12. The monoisotopic (exact) mass is 235 g/mol.